The molecule has 0 amide bonds. The van der Waals surface area contributed by atoms with Gasteiger partial charge in [-0.05, 0) is 37.3 Å². The van der Waals surface area contributed by atoms with Crippen LogP contribution < -0.4 is 5.32 Å². The Morgan fingerprint density at radius 1 is 1.33 bits per heavy atom. The molecular weight excluding hydrogens is 189 g/mol. The Hall–Kier alpha value is -1.05. The minimum absolute atomic E-state index is 0.101. The smallest absolute Gasteiger partial charge is 0.149 e. The van der Waals surface area contributed by atoms with Gasteiger partial charge in [-0.2, -0.15) is 0 Å². The van der Waals surface area contributed by atoms with Gasteiger partial charge in [0.05, 0.1) is 5.69 Å². The van der Waals surface area contributed by atoms with Gasteiger partial charge in [-0.25, -0.2) is 4.39 Å². The summed E-state index contributed by atoms with van der Waals surface area (Å²) in [5.41, 5.74) is 1.37. The molecule has 0 spiro atoms. The van der Waals surface area contributed by atoms with E-state index in [1.165, 1.54) is 25.7 Å². The Balaban J connectivity index is 1.95. The Bertz CT molecular complexity index is 329. The maximum atomic E-state index is 13.6. The van der Waals surface area contributed by atoms with Crippen molar-refractivity contribution in [2.24, 2.45) is 5.92 Å². The van der Waals surface area contributed by atoms with E-state index in [2.05, 4.69) is 5.32 Å². The lowest BCUT2D eigenvalue weighted by Gasteiger charge is -2.13. The molecule has 0 aromatic heterocycles. The van der Waals surface area contributed by atoms with Crippen LogP contribution in [0.15, 0.2) is 18.2 Å². The summed E-state index contributed by atoms with van der Waals surface area (Å²) in [5, 5.41) is 3.22. The van der Waals surface area contributed by atoms with Crippen molar-refractivity contribution in [3.63, 3.8) is 0 Å². The summed E-state index contributed by atoms with van der Waals surface area (Å²) in [6, 6.07) is 5.52. The van der Waals surface area contributed by atoms with E-state index in [-0.39, 0.29) is 5.82 Å². The van der Waals surface area contributed by atoms with Gasteiger partial charge in [0.2, 0.25) is 0 Å². The molecule has 1 aliphatic rings. The number of aryl methyl sites for hydroxylation is 1. The molecule has 0 radical (unpaired) electrons. The lowest BCUT2D eigenvalue weighted by molar-refractivity contribution is 0.572. The van der Waals surface area contributed by atoms with Gasteiger partial charge in [0.1, 0.15) is 5.82 Å². The van der Waals surface area contributed by atoms with Crippen LogP contribution in [0.3, 0.4) is 0 Å². The van der Waals surface area contributed by atoms with Crippen molar-refractivity contribution >= 4 is 5.69 Å². The van der Waals surface area contributed by atoms with Crippen LogP contribution in [0, 0.1) is 18.7 Å². The largest absolute Gasteiger partial charge is 0.382 e. The van der Waals surface area contributed by atoms with Gasteiger partial charge >= 0.3 is 0 Å². The van der Waals surface area contributed by atoms with E-state index < -0.39 is 0 Å². The molecule has 1 aliphatic carbocycles. The summed E-state index contributed by atoms with van der Waals surface area (Å²) in [4.78, 5) is 0. The van der Waals surface area contributed by atoms with Crippen molar-refractivity contribution in [1.29, 1.82) is 0 Å². The standard InChI is InChI=1S/C13H18FN/c1-10-5-4-8-12(13(10)14)15-9-11-6-2-3-7-11/h4-5,8,11,15H,2-3,6-7,9H2,1H3. The second-order valence-corrected chi connectivity index (χ2v) is 4.47. The van der Waals surface area contributed by atoms with E-state index in [1.54, 1.807) is 13.0 Å². The predicted octanol–water partition coefficient (Wildman–Crippen LogP) is 3.74. The first-order valence-corrected chi connectivity index (χ1v) is 5.76. The lowest BCUT2D eigenvalue weighted by Crippen LogP contribution is -2.12. The summed E-state index contributed by atoms with van der Waals surface area (Å²) in [5.74, 6) is 0.639. The third-order valence-corrected chi connectivity index (χ3v) is 3.25. The van der Waals surface area contributed by atoms with E-state index in [1.807, 2.05) is 12.1 Å². The Kier molecular flexibility index (Phi) is 3.24. The van der Waals surface area contributed by atoms with Gasteiger partial charge in [0.15, 0.2) is 0 Å². The fraction of sp³-hybridized carbons (Fsp3) is 0.538. The molecule has 0 heterocycles. The van der Waals surface area contributed by atoms with Gasteiger partial charge in [0.25, 0.3) is 0 Å². The lowest BCUT2D eigenvalue weighted by atomic mass is 10.1. The molecule has 1 fully saturated rings. The minimum atomic E-state index is -0.101. The molecule has 2 rings (SSSR count). The zero-order valence-electron chi connectivity index (χ0n) is 9.22. The van der Waals surface area contributed by atoms with E-state index in [0.717, 1.165) is 12.5 Å². The van der Waals surface area contributed by atoms with E-state index in [9.17, 15) is 4.39 Å². The van der Waals surface area contributed by atoms with Gasteiger partial charge in [-0.3, -0.25) is 0 Å². The zero-order valence-corrected chi connectivity index (χ0v) is 9.22. The molecule has 82 valence electrons. The molecule has 0 atom stereocenters. The van der Waals surface area contributed by atoms with Crippen LogP contribution in [0.5, 0.6) is 0 Å². The number of hydrogen-bond acceptors (Lipinski definition) is 1. The van der Waals surface area contributed by atoms with Gasteiger partial charge in [-0.1, -0.05) is 25.0 Å². The summed E-state index contributed by atoms with van der Waals surface area (Å²) < 4.78 is 13.6. The van der Waals surface area contributed by atoms with Crippen LogP contribution in [0.4, 0.5) is 10.1 Å². The highest BCUT2D eigenvalue weighted by atomic mass is 19.1. The molecule has 1 nitrogen and oxygen atoms in total. The minimum Gasteiger partial charge on any atom is -0.382 e. The predicted molar refractivity (Wildman–Crippen MR) is 61.6 cm³/mol. The first-order chi connectivity index (χ1) is 7.27. The molecule has 0 aliphatic heterocycles. The highest BCUT2D eigenvalue weighted by molar-refractivity contribution is 5.47. The third-order valence-electron chi connectivity index (χ3n) is 3.25. The number of halogens is 1. The molecule has 1 N–H and O–H groups in total. The van der Waals surface area contributed by atoms with Crippen molar-refractivity contribution in [2.45, 2.75) is 32.6 Å². The molecule has 1 aromatic rings. The number of hydrogen-bond donors (Lipinski definition) is 1. The Labute approximate surface area is 90.7 Å². The van der Waals surface area contributed by atoms with Gasteiger partial charge < -0.3 is 5.32 Å². The van der Waals surface area contributed by atoms with Crippen LogP contribution in [0.25, 0.3) is 0 Å². The monoisotopic (exact) mass is 207 g/mol. The molecule has 15 heavy (non-hydrogen) atoms. The maximum Gasteiger partial charge on any atom is 0.149 e. The highest BCUT2D eigenvalue weighted by Crippen LogP contribution is 2.25. The molecule has 0 saturated heterocycles. The normalized spacial score (nSPS) is 16.9. The molecule has 1 aromatic carbocycles. The molecule has 0 unspecified atom stereocenters. The highest BCUT2D eigenvalue weighted by Gasteiger charge is 2.15. The topological polar surface area (TPSA) is 12.0 Å². The second kappa shape index (κ2) is 4.65. The number of nitrogens with one attached hydrogen (secondary N) is 1. The van der Waals surface area contributed by atoms with E-state index in [0.29, 0.717) is 11.3 Å². The fourth-order valence-electron chi connectivity index (χ4n) is 2.25. The summed E-state index contributed by atoms with van der Waals surface area (Å²) >= 11 is 0. The fourth-order valence-corrected chi connectivity index (χ4v) is 2.25. The van der Waals surface area contributed by atoms with Crippen molar-refractivity contribution in [3.05, 3.63) is 29.6 Å². The van der Waals surface area contributed by atoms with Crippen molar-refractivity contribution in [3.8, 4) is 0 Å². The van der Waals surface area contributed by atoms with Crippen LogP contribution in [0.2, 0.25) is 0 Å². The molecule has 1 saturated carbocycles. The van der Waals surface area contributed by atoms with Crippen molar-refractivity contribution in [1.82, 2.24) is 0 Å². The Morgan fingerprint density at radius 2 is 2.07 bits per heavy atom. The van der Waals surface area contributed by atoms with Crippen LogP contribution in [-0.2, 0) is 0 Å². The summed E-state index contributed by atoms with van der Waals surface area (Å²) in [7, 11) is 0. The molecule has 0 bridgehead atoms. The maximum absolute atomic E-state index is 13.6. The average Bonchev–Trinajstić information content (AvgIpc) is 2.73. The van der Waals surface area contributed by atoms with E-state index >= 15 is 0 Å². The van der Waals surface area contributed by atoms with Crippen LogP contribution in [-0.4, -0.2) is 6.54 Å². The number of anilines is 1. The number of benzene rings is 1. The van der Waals surface area contributed by atoms with Crippen molar-refractivity contribution < 1.29 is 4.39 Å². The van der Waals surface area contributed by atoms with Crippen LogP contribution >= 0.6 is 0 Å². The average molecular weight is 207 g/mol. The molecule has 2 heteroatoms. The molecular formula is C13H18FN. The van der Waals surface area contributed by atoms with E-state index in [4.69, 9.17) is 0 Å². The first-order valence-electron chi connectivity index (χ1n) is 5.76. The van der Waals surface area contributed by atoms with Crippen LogP contribution in [0.1, 0.15) is 31.2 Å². The third kappa shape index (κ3) is 2.49. The van der Waals surface area contributed by atoms with Gasteiger partial charge in [0, 0.05) is 6.54 Å². The number of rotatable bonds is 3. The van der Waals surface area contributed by atoms with Gasteiger partial charge in [-0.15, -0.1) is 0 Å². The Morgan fingerprint density at radius 3 is 2.80 bits per heavy atom. The quantitative estimate of drug-likeness (QED) is 0.796. The zero-order chi connectivity index (χ0) is 10.7. The van der Waals surface area contributed by atoms with Crippen molar-refractivity contribution in [2.75, 3.05) is 11.9 Å². The SMILES string of the molecule is Cc1cccc(NCC2CCCC2)c1F. The summed E-state index contributed by atoms with van der Waals surface area (Å²) in [6.07, 6.45) is 5.26. The second-order valence-electron chi connectivity index (χ2n) is 4.47. The first kappa shape index (κ1) is 10.5. The summed E-state index contributed by atoms with van der Waals surface area (Å²) in [6.45, 7) is 2.72.